The van der Waals surface area contributed by atoms with Crippen LogP contribution in [0.3, 0.4) is 0 Å². The van der Waals surface area contributed by atoms with Gasteiger partial charge >= 0.3 is 0 Å². The summed E-state index contributed by atoms with van der Waals surface area (Å²) in [6, 6.07) is 3.04. The topological polar surface area (TPSA) is 38.3 Å². The van der Waals surface area contributed by atoms with Gasteiger partial charge in [-0.05, 0) is 18.9 Å². The zero-order chi connectivity index (χ0) is 14.5. The summed E-state index contributed by atoms with van der Waals surface area (Å²) in [6.45, 7) is 2.96. The molecule has 0 aliphatic carbocycles. The highest BCUT2D eigenvalue weighted by Gasteiger charge is 2.26. The highest BCUT2D eigenvalue weighted by atomic mass is 19.1. The monoisotopic (exact) mass is 283 g/mol. The van der Waals surface area contributed by atoms with Crippen LogP contribution in [-0.2, 0) is 9.53 Å². The number of halogens is 2. The second kappa shape index (κ2) is 6.79. The van der Waals surface area contributed by atoms with Crippen molar-refractivity contribution in [2.45, 2.75) is 32.2 Å². The van der Waals surface area contributed by atoms with Gasteiger partial charge in [0.2, 0.25) is 5.91 Å². The van der Waals surface area contributed by atoms with E-state index in [1.807, 2.05) is 6.92 Å². The van der Waals surface area contributed by atoms with Crippen LogP contribution in [0.4, 0.5) is 8.78 Å². The minimum Gasteiger partial charge on any atom is -0.381 e. The summed E-state index contributed by atoms with van der Waals surface area (Å²) in [5.74, 6) is -1.52. The lowest BCUT2D eigenvalue weighted by atomic mass is 10.00. The molecule has 1 fully saturated rings. The van der Waals surface area contributed by atoms with E-state index in [1.54, 1.807) is 0 Å². The fourth-order valence-electron chi connectivity index (χ4n) is 2.41. The Morgan fingerprint density at radius 2 is 2.30 bits per heavy atom. The number of hydrogen-bond donors (Lipinski definition) is 1. The van der Waals surface area contributed by atoms with Crippen LogP contribution in [0, 0.1) is 17.6 Å². The van der Waals surface area contributed by atoms with Gasteiger partial charge in [0.05, 0.1) is 18.6 Å². The van der Waals surface area contributed by atoms with Gasteiger partial charge in [0, 0.05) is 18.2 Å². The summed E-state index contributed by atoms with van der Waals surface area (Å²) in [4.78, 5) is 12.1. The molecule has 20 heavy (non-hydrogen) atoms. The molecule has 0 bridgehead atoms. The molecule has 1 aliphatic heterocycles. The lowest BCUT2D eigenvalue weighted by Crippen LogP contribution is -2.34. The molecule has 2 unspecified atom stereocenters. The van der Waals surface area contributed by atoms with Crippen LogP contribution in [0.5, 0.6) is 0 Å². The minimum atomic E-state index is -0.619. The Bertz CT molecular complexity index is 473. The Labute approximate surface area is 117 Å². The van der Waals surface area contributed by atoms with Crippen LogP contribution in [0.15, 0.2) is 18.2 Å². The van der Waals surface area contributed by atoms with Gasteiger partial charge in [0.15, 0.2) is 0 Å². The van der Waals surface area contributed by atoms with Crippen LogP contribution in [-0.4, -0.2) is 19.1 Å². The molecule has 1 aliphatic rings. The van der Waals surface area contributed by atoms with Crippen LogP contribution in [0.2, 0.25) is 0 Å². The maximum absolute atomic E-state index is 13.8. The predicted octanol–water partition coefficient (Wildman–Crippen LogP) is 2.96. The van der Waals surface area contributed by atoms with Crippen molar-refractivity contribution < 1.29 is 18.3 Å². The second-order valence-electron chi connectivity index (χ2n) is 5.08. The zero-order valence-electron chi connectivity index (χ0n) is 11.5. The van der Waals surface area contributed by atoms with Crippen molar-refractivity contribution in [1.82, 2.24) is 5.32 Å². The van der Waals surface area contributed by atoms with E-state index in [-0.39, 0.29) is 11.8 Å². The summed E-state index contributed by atoms with van der Waals surface area (Å²) in [5.41, 5.74) is 0.334. The van der Waals surface area contributed by atoms with Crippen molar-refractivity contribution in [3.63, 3.8) is 0 Å². The second-order valence-corrected chi connectivity index (χ2v) is 5.08. The molecule has 1 aromatic rings. The van der Waals surface area contributed by atoms with E-state index in [0.717, 1.165) is 12.5 Å². The lowest BCUT2D eigenvalue weighted by molar-refractivity contribution is -0.125. The van der Waals surface area contributed by atoms with Crippen LogP contribution < -0.4 is 5.32 Å². The molecular weight excluding hydrogens is 264 g/mol. The maximum Gasteiger partial charge on any atom is 0.226 e. The number of hydrogen-bond acceptors (Lipinski definition) is 2. The number of carbonyl (C=O) groups is 1. The first-order valence-electron chi connectivity index (χ1n) is 6.95. The van der Waals surface area contributed by atoms with Gasteiger partial charge < -0.3 is 10.1 Å². The summed E-state index contributed by atoms with van der Waals surface area (Å²) in [5, 5.41) is 2.86. The fraction of sp³-hybridized carbons (Fsp3) is 0.533. The number of benzene rings is 1. The first-order chi connectivity index (χ1) is 9.61. The Hall–Kier alpha value is -1.49. The fourth-order valence-corrected chi connectivity index (χ4v) is 2.41. The number of rotatable bonds is 5. The Kier molecular flexibility index (Phi) is 5.06. The van der Waals surface area contributed by atoms with Crippen molar-refractivity contribution in [2.75, 3.05) is 13.2 Å². The highest BCUT2D eigenvalue weighted by molar-refractivity contribution is 5.79. The normalized spacial score (nSPS) is 19.9. The number of amides is 1. The van der Waals surface area contributed by atoms with E-state index < -0.39 is 17.7 Å². The minimum absolute atomic E-state index is 0.121. The van der Waals surface area contributed by atoms with Gasteiger partial charge in [-0.1, -0.05) is 19.4 Å². The number of ether oxygens (including phenoxy) is 1. The van der Waals surface area contributed by atoms with Crippen molar-refractivity contribution in [1.29, 1.82) is 0 Å². The maximum atomic E-state index is 13.8. The smallest absolute Gasteiger partial charge is 0.226 e. The van der Waals surface area contributed by atoms with Crippen LogP contribution >= 0.6 is 0 Å². The molecule has 1 N–H and O–H groups in total. The van der Waals surface area contributed by atoms with Crippen molar-refractivity contribution in [2.24, 2.45) is 5.92 Å². The standard InChI is InChI=1S/C15H19F2NO2/c1-2-3-14(12-5-4-11(16)8-13(12)17)18-15(19)10-6-7-20-9-10/h4-5,8,10,14H,2-3,6-7,9H2,1H3,(H,18,19). The molecule has 2 atom stereocenters. The van der Waals surface area contributed by atoms with Gasteiger partial charge in [-0.15, -0.1) is 0 Å². The first kappa shape index (κ1) is 14.9. The molecule has 0 saturated carbocycles. The van der Waals surface area contributed by atoms with E-state index in [9.17, 15) is 13.6 Å². The predicted molar refractivity (Wildman–Crippen MR) is 71.1 cm³/mol. The third-order valence-electron chi connectivity index (χ3n) is 3.53. The molecule has 5 heteroatoms. The van der Waals surface area contributed by atoms with Crippen LogP contribution in [0.25, 0.3) is 0 Å². The van der Waals surface area contributed by atoms with E-state index >= 15 is 0 Å². The zero-order valence-corrected chi connectivity index (χ0v) is 11.5. The molecular formula is C15H19F2NO2. The van der Waals surface area contributed by atoms with E-state index in [1.165, 1.54) is 12.1 Å². The lowest BCUT2D eigenvalue weighted by Gasteiger charge is -2.21. The largest absolute Gasteiger partial charge is 0.381 e. The van der Waals surface area contributed by atoms with Gasteiger partial charge in [-0.3, -0.25) is 4.79 Å². The Morgan fingerprint density at radius 1 is 1.50 bits per heavy atom. The van der Waals surface area contributed by atoms with E-state index in [2.05, 4.69) is 5.32 Å². The van der Waals surface area contributed by atoms with Crippen LogP contribution in [0.1, 0.15) is 37.8 Å². The number of nitrogens with one attached hydrogen (secondary N) is 1. The summed E-state index contributed by atoms with van der Waals surface area (Å²) < 4.78 is 32.0. The van der Waals surface area contributed by atoms with Gasteiger partial charge in [0.25, 0.3) is 0 Å². The quantitative estimate of drug-likeness (QED) is 0.902. The number of carbonyl (C=O) groups excluding carboxylic acids is 1. The molecule has 1 amide bonds. The molecule has 0 spiro atoms. The first-order valence-corrected chi connectivity index (χ1v) is 6.95. The summed E-state index contributed by atoms with van der Waals surface area (Å²) in [6.07, 6.45) is 2.10. The third-order valence-corrected chi connectivity index (χ3v) is 3.53. The van der Waals surface area contributed by atoms with Gasteiger partial charge in [-0.2, -0.15) is 0 Å². The molecule has 110 valence electrons. The average molecular weight is 283 g/mol. The molecule has 3 nitrogen and oxygen atoms in total. The third kappa shape index (κ3) is 3.54. The average Bonchev–Trinajstić information content (AvgIpc) is 2.92. The Balaban J connectivity index is 2.11. The van der Waals surface area contributed by atoms with E-state index in [0.29, 0.717) is 31.6 Å². The Morgan fingerprint density at radius 3 is 2.90 bits per heavy atom. The van der Waals surface area contributed by atoms with Crippen molar-refractivity contribution in [3.8, 4) is 0 Å². The molecule has 1 saturated heterocycles. The molecule has 1 heterocycles. The van der Waals surface area contributed by atoms with E-state index in [4.69, 9.17) is 4.74 Å². The van der Waals surface area contributed by atoms with Crippen molar-refractivity contribution in [3.05, 3.63) is 35.4 Å². The summed E-state index contributed by atoms with van der Waals surface area (Å²) in [7, 11) is 0. The summed E-state index contributed by atoms with van der Waals surface area (Å²) >= 11 is 0. The molecule has 2 rings (SSSR count). The van der Waals surface area contributed by atoms with Gasteiger partial charge in [0.1, 0.15) is 11.6 Å². The molecule has 1 aromatic carbocycles. The van der Waals surface area contributed by atoms with Crippen molar-refractivity contribution >= 4 is 5.91 Å². The SMILES string of the molecule is CCCC(NC(=O)C1CCOC1)c1ccc(F)cc1F. The van der Waals surface area contributed by atoms with Gasteiger partial charge in [-0.25, -0.2) is 8.78 Å². The highest BCUT2D eigenvalue weighted by Crippen LogP contribution is 2.24. The molecule has 0 radical (unpaired) electrons. The molecule has 0 aromatic heterocycles.